The molecule has 0 spiro atoms. The SMILES string of the molecule is CCCNC(C)(CO)Cc1ccc(Br)cc1. The van der Waals surface area contributed by atoms with E-state index in [4.69, 9.17) is 0 Å². The van der Waals surface area contributed by atoms with Gasteiger partial charge in [-0.2, -0.15) is 0 Å². The molecular formula is C13H20BrNO. The Bertz CT molecular complexity index is 312. The number of hydrogen-bond donors (Lipinski definition) is 2. The molecular weight excluding hydrogens is 266 g/mol. The fourth-order valence-electron chi connectivity index (χ4n) is 1.65. The number of aliphatic hydroxyl groups excluding tert-OH is 1. The van der Waals surface area contributed by atoms with Gasteiger partial charge >= 0.3 is 0 Å². The number of rotatable bonds is 6. The number of benzene rings is 1. The second kappa shape index (κ2) is 6.38. The van der Waals surface area contributed by atoms with Crippen molar-refractivity contribution in [1.82, 2.24) is 5.32 Å². The molecule has 3 heteroatoms. The van der Waals surface area contributed by atoms with Crippen LogP contribution in [-0.4, -0.2) is 23.8 Å². The summed E-state index contributed by atoms with van der Waals surface area (Å²) in [6, 6.07) is 8.25. The Morgan fingerprint density at radius 2 is 1.94 bits per heavy atom. The number of nitrogens with one attached hydrogen (secondary N) is 1. The average molecular weight is 286 g/mol. The zero-order valence-corrected chi connectivity index (χ0v) is 11.5. The van der Waals surface area contributed by atoms with Gasteiger partial charge in [0.15, 0.2) is 0 Å². The van der Waals surface area contributed by atoms with Gasteiger partial charge in [0.2, 0.25) is 0 Å². The number of hydrogen-bond acceptors (Lipinski definition) is 2. The first kappa shape index (κ1) is 13.7. The van der Waals surface area contributed by atoms with Crippen molar-refractivity contribution in [3.63, 3.8) is 0 Å². The van der Waals surface area contributed by atoms with Crippen LogP contribution in [0.5, 0.6) is 0 Å². The number of halogens is 1. The van der Waals surface area contributed by atoms with E-state index in [-0.39, 0.29) is 12.1 Å². The molecule has 0 aromatic heterocycles. The monoisotopic (exact) mass is 285 g/mol. The van der Waals surface area contributed by atoms with Gasteiger partial charge in [0.1, 0.15) is 0 Å². The Morgan fingerprint density at radius 1 is 1.31 bits per heavy atom. The molecule has 1 rings (SSSR count). The maximum atomic E-state index is 9.46. The highest BCUT2D eigenvalue weighted by Gasteiger charge is 2.22. The van der Waals surface area contributed by atoms with Crippen LogP contribution in [0.3, 0.4) is 0 Å². The van der Waals surface area contributed by atoms with Crippen molar-refractivity contribution in [2.45, 2.75) is 32.2 Å². The molecule has 0 aliphatic rings. The smallest absolute Gasteiger partial charge is 0.0613 e. The zero-order valence-electron chi connectivity index (χ0n) is 9.96. The Balaban J connectivity index is 2.64. The molecule has 2 nitrogen and oxygen atoms in total. The summed E-state index contributed by atoms with van der Waals surface area (Å²) < 4.78 is 1.09. The molecule has 16 heavy (non-hydrogen) atoms. The third-order valence-corrected chi connectivity index (χ3v) is 3.19. The van der Waals surface area contributed by atoms with Crippen molar-refractivity contribution in [3.8, 4) is 0 Å². The summed E-state index contributed by atoms with van der Waals surface area (Å²) in [5, 5.41) is 12.9. The number of aliphatic hydroxyl groups is 1. The minimum Gasteiger partial charge on any atom is -0.394 e. The predicted octanol–water partition coefficient (Wildman–Crippen LogP) is 2.74. The summed E-state index contributed by atoms with van der Waals surface area (Å²) in [4.78, 5) is 0. The van der Waals surface area contributed by atoms with Crippen LogP contribution in [0.1, 0.15) is 25.8 Å². The molecule has 90 valence electrons. The molecule has 0 bridgehead atoms. The van der Waals surface area contributed by atoms with Crippen molar-refractivity contribution in [3.05, 3.63) is 34.3 Å². The lowest BCUT2D eigenvalue weighted by molar-refractivity contribution is 0.174. The maximum Gasteiger partial charge on any atom is 0.0613 e. The molecule has 1 atom stereocenters. The summed E-state index contributed by atoms with van der Waals surface area (Å²) in [5.74, 6) is 0. The van der Waals surface area contributed by atoms with Gasteiger partial charge in [0.05, 0.1) is 6.61 Å². The first-order valence-electron chi connectivity index (χ1n) is 5.70. The Labute approximate surface area is 106 Å². The van der Waals surface area contributed by atoms with Gasteiger partial charge in [-0.05, 0) is 44.0 Å². The lowest BCUT2D eigenvalue weighted by Crippen LogP contribution is -2.47. The second-order valence-electron chi connectivity index (χ2n) is 4.45. The molecule has 2 N–H and O–H groups in total. The van der Waals surface area contributed by atoms with Gasteiger partial charge in [-0.25, -0.2) is 0 Å². The minimum absolute atomic E-state index is 0.156. The Morgan fingerprint density at radius 3 is 2.44 bits per heavy atom. The quantitative estimate of drug-likeness (QED) is 0.842. The van der Waals surface area contributed by atoms with Crippen molar-refractivity contribution in [2.24, 2.45) is 0 Å². The predicted molar refractivity (Wildman–Crippen MR) is 71.6 cm³/mol. The lowest BCUT2D eigenvalue weighted by Gasteiger charge is -2.29. The van der Waals surface area contributed by atoms with Gasteiger partial charge in [0, 0.05) is 10.0 Å². The van der Waals surface area contributed by atoms with Crippen LogP contribution >= 0.6 is 15.9 Å². The largest absolute Gasteiger partial charge is 0.394 e. The van der Waals surface area contributed by atoms with Crippen LogP contribution in [0.25, 0.3) is 0 Å². The fourth-order valence-corrected chi connectivity index (χ4v) is 1.92. The highest BCUT2D eigenvalue weighted by Crippen LogP contribution is 2.16. The van der Waals surface area contributed by atoms with Gasteiger partial charge in [-0.1, -0.05) is 35.0 Å². The van der Waals surface area contributed by atoms with Crippen molar-refractivity contribution in [2.75, 3.05) is 13.2 Å². The van der Waals surface area contributed by atoms with Crippen molar-refractivity contribution < 1.29 is 5.11 Å². The standard InChI is InChI=1S/C13H20BrNO/c1-3-8-15-13(2,10-16)9-11-4-6-12(14)7-5-11/h4-7,15-16H,3,8-10H2,1-2H3. The van der Waals surface area contributed by atoms with E-state index in [1.807, 2.05) is 12.1 Å². The van der Waals surface area contributed by atoms with Crippen LogP contribution < -0.4 is 5.32 Å². The van der Waals surface area contributed by atoms with E-state index < -0.39 is 0 Å². The molecule has 0 aliphatic heterocycles. The van der Waals surface area contributed by atoms with E-state index in [0.29, 0.717) is 0 Å². The molecule has 0 aliphatic carbocycles. The van der Waals surface area contributed by atoms with E-state index in [2.05, 4.69) is 47.2 Å². The van der Waals surface area contributed by atoms with Crippen LogP contribution in [0.2, 0.25) is 0 Å². The summed E-state index contributed by atoms with van der Waals surface area (Å²) in [5.41, 5.74) is 1.02. The van der Waals surface area contributed by atoms with Crippen LogP contribution in [0, 0.1) is 0 Å². The Kier molecular flexibility index (Phi) is 5.46. The molecule has 1 aromatic carbocycles. The molecule has 0 radical (unpaired) electrons. The van der Waals surface area contributed by atoms with Gasteiger partial charge < -0.3 is 10.4 Å². The first-order valence-corrected chi connectivity index (χ1v) is 6.49. The maximum absolute atomic E-state index is 9.46. The fraction of sp³-hybridized carbons (Fsp3) is 0.538. The summed E-state index contributed by atoms with van der Waals surface area (Å²) in [6.07, 6.45) is 1.92. The molecule has 1 aromatic rings. The van der Waals surface area contributed by atoms with Crippen LogP contribution in [-0.2, 0) is 6.42 Å². The molecule has 1 unspecified atom stereocenters. The average Bonchev–Trinajstić information content (AvgIpc) is 2.30. The third kappa shape index (κ3) is 4.24. The highest BCUT2D eigenvalue weighted by molar-refractivity contribution is 9.10. The molecule has 0 saturated carbocycles. The van der Waals surface area contributed by atoms with Gasteiger partial charge in [-0.15, -0.1) is 0 Å². The first-order chi connectivity index (χ1) is 7.59. The van der Waals surface area contributed by atoms with E-state index in [1.54, 1.807) is 0 Å². The molecule has 0 saturated heterocycles. The zero-order chi connectivity index (χ0) is 12.0. The van der Waals surface area contributed by atoms with Crippen molar-refractivity contribution in [1.29, 1.82) is 0 Å². The van der Waals surface area contributed by atoms with Crippen LogP contribution in [0.4, 0.5) is 0 Å². The van der Waals surface area contributed by atoms with Crippen molar-refractivity contribution >= 4 is 15.9 Å². The van der Waals surface area contributed by atoms with Gasteiger partial charge in [-0.3, -0.25) is 0 Å². The highest BCUT2D eigenvalue weighted by atomic mass is 79.9. The second-order valence-corrected chi connectivity index (χ2v) is 5.36. The normalized spacial score (nSPS) is 14.8. The van der Waals surface area contributed by atoms with Crippen LogP contribution in [0.15, 0.2) is 28.7 Å². The Hall–Kier alpha value is -0.380. The molecule has 0 amide bonds. The van der Waals surface area contributed by atoms with Gasteiger partial charge in [0.25, 0.3) is 0 Å². The van der Waals surface area contributed by atoms with E-state index in [9.17, 15) is 5.11 Å². The van der Waals surface area contributed by atoms with E-state index in [0.717, 1.165) is 23.9 Å². The summed E-state index contributed by atoms with van der Waals surface area (Å²) >= 11 is 3.42. The lowest BCUT2D eigenvalue weighted by atomic mass is 9.93. The third-order valence-electron chi connectivity index (χ3n) is 2.66. The minimum atomic E-state index is -0.218. The van der Waals surface area contributed by atoms with E-state index >= 15 is 0 Å². The molecule has 0 fully saturated rings. The summed E-state index contributed by atoms with van der Waals surface area (Å²) in [6.45, 7) is 5.28. The van der Waals surface area contributed by atoms with E-state index in [1.165, 1.54) is 5.56 Å². The summed E-state index contributed by atoms with van der Waals surface area (Å²) in [7, 11) is 0. The topological polar surface area (TPSA) is 32.3 Å². The molecule has 0 heterocycles.